The van der Waals surface area contributed by atoms with Crippen LogP contribution in [0.15, 0.2) is 18.5 Å². The lowest BCUT2D eigenvalue weighted by Crippen LogP contribution is -2.25. The van der Waals surface area contributed by atoms with Gasteiger partial charge in [0.15, 0.2) is 6.20 Å². The maximum absolute atomic E-state index is 10.5. The average Bonchev–Trinajstić information content (AvgIpc) is 1.94. The number of rotatable bonds is 1. The number of pyridine rings is 1. The van der Waals surface area contributed by atoms with Gasteiger partial charge in [-0.25, -0.2) is 0 Å². The molecule has 1 rings (SSSR count). The molecule has 2 N–H and O–H groups in total. The zero-order valence-electron chi connectivity index (χ0n) is 5.43. The summed E-state index contributed by atoms with van der Waals surface area (Å²) in [4.78, 5) is 9.44. The van der Waals surface area contributed by atoms with Gasteiger partial charge >= 0.3 is 5.69 Å². The second-order valence-corrected chi connectivity index (χ2v) is 1.90. The van der Waals surface area contributed by atoms with Crippen molar-refractivity contribution in [2.24, 2.45) is 0 Å². The molecule has 0 aromatic carbocycles. The van der Waals surface area contributed by atoms with Crippen molar-refractivity contribution in [3.8, 4) is 0 Å². The SMILES string of the molecule is Nc1cc[n+]([O-])cc1[N+](=O)[O-]. The number of nitrogens with zero attached hydrogens (tertiary/aromatic N) is 2. The Hall–Kier alpha value is -1.85. The first-order valence-electron chi connectivity index (χ1n) is 2.74. The Bertz CT molecular complexity index is 299. The van der Waals surface area contributed by atoms with Crippen LogP contribution in [0, 0.1) is 15.3 Å². The van der Waals surface area contributed by atoms with Crippen molar-refractivity contribution in [3.05, 3.63) is 33.8 Å². The normalized spacial score (nSPS) is 9.45. The first kappa shape index (κ1) is 7.26. The van der Waals surface area contributed by atoms with Gasteiger partial charge in [-0.05, 0) is 0 Å². The van der Waals surface area contributed by atoms with Crippen LogP contribution >= 0.6 is 0 Å². The Balaban J connectivity index is 3.23. The number of nitro groups is 1. The number of anilines is 1. The lowest BCUT2D eigenvalue weighted by molar-refractivity contribution is -0.609. The molecule has 0 aliphatic heterocycles. The summed E-state index contributed by atoms with van der Waals surface area (Å²) in [5.41, 5.74) is 4.81. The molecule has 0 aliphatic carbocycles. The zero-order valence-corrected chi connectivity index (χ0v) is 5.43. The van der Waals surface area contributed by atoms with Gasteiger partial charge in [-0.3, -0.25) is 10.1 Å². The second-order valence-electron chi connectivity index (χ2n) is 1.90. The Morgan fingerprint density at radius 2 is 2.27 bits per heavy atom. The van der Waals surface area contributed by atoms with E-state index in [1.54, 1.807) is 0 Å². The third kappa shape index (κ3) is 1.34. The van der Waals surface area contributed by atoms with Crippen molar-refractivity contribution < 1.29 is 9.65 Å². The first-order valence-corrected chi connectivity index (χ1v) is 2.74. The van der Waals surface area contributed by atoms with E-state index in [4.69, 9.17) is 5.73 Å². The van der Waals surface area contributed by atoms with Gasteiger partial charge in [0.05, 0.1) is 4.92 Å². The molecule has 0 unspecified atom stereocenters. The summed E-state index contributed by atoms with van der Waals surface area (Å²) < 4.78 is 0.328. The largest absolute Gasteiger partial charge is 0.619 e. The molecule has 11 heavy (non-hydrogen) atoms. The van der Waals surface area contributed by atoms with Crippen LogP contribution in [-0.4, -0.2) is 4.92 Å². The Labute approximate surface area is 61.6 Å². The molecule has 0 fully saturated rings. The summed E-state index contributed by atoms with van der Waals surface area (Å²) in [5, 5.41) is 20.7. The van der Waals surface area contributed by atoms with Crippen molar-refractivity contribution in [1.82, 2.24) is 0 Å². The van der Waals surface area contributed by atoms with E-state index in [0.29, 0.717) is 4.73 Å². The Morgan fingerprint density at radius 3 is 2.73 bits per heavy atom. The van der Waals surface area contributed by atoms with Gasteiger partial charge in [0.2, 0.25) is 0 Å². The molecule has 0 aliphatic rings. The summed E-state index contributed by atoms with van der Waals surface area (Å²) in [6, 6.07) is 1.19. The van der Waals surface area contributed by atoms with E-state index in [-0.39, 0.29) is 11.4 Å². The highest BCUT2D eigenvalue weighted by Crippen LogP contribution is 2.16. The van der Waals surface area contributed by atoms with Crippen molar-refractivity contribution in [3.63, 3.8) is 0 Å². The van der Waals surface area contributed by atoms with E-state index >= 15 is 0 Å². The fraction of sp³-hybridized carbons (Fsp3) is 0. The molecule has 0 radical (unpaired) electrons. The van der Waals surface area contributed by atoms with Crippen molar-refractivity contribution >= 4 is 11.4 Å². The van der Waals surface area contributed by atoms with Crippen LogP contribution in [0.1, 0.15) is 0 Å². The zero-order chi connectivity index (χ0) is 8.43. The fourth-order valence-corrected chi connectivity index (χ4v) is 0.630. The van der Waals surface area contributed by atoms with Crippen LogP contribution in [0.5, 0.6) is 0 Å². The minimum absolute atomic E-state index is 0.0119. The quantitative estimate of drug-likeness (QED) is 0.263. The smallest absolute Gasteiger partial charge is 0.356 e. The topological polar surface area (TPSA) is 96.1 Å². The van der Waals surface area contributed by atoms with E-state index in [0.717, 1.165) is 12.4 Å². The standard InChI is InChI=1S/C5H5N3O3/c6-4-1-2-7(9)3-5(4)8(10)11/h1-3H,6H2. The Kier molecular flexibility index (Phi) is 1.59. The highest BCUT2D eigenvalue weighted by atomic mass is 16.6. The number of aromatic nitrogens is 1. The molecule has 0 amide bonds. The van der Waals surface area contributed by atoms with Gasteiger partial charge in [0.25, 0.3) is 6.20 Å². The summed E-state index contributed by atoms with van der Waals surface area (Å²) >= 11 is 0. The van der Waals surface area contributed by atoms with Crippen LogP contribution < -0.4 is 10.5 Å². The fourth-order valence-electron chi connectivity index (χ4n) is 0.630. The van der Waals surface area contributed by atoms with Crippen LogP contribution in [0.2, 0.25) is 0 Å². The molecule has 58 valence electrons. The second kappa shape index (κ2) is 2.41. The minimum Gasteiger partial charge on any atom is -0.619 e. The third-order valence-electron chi connectivity index (χ3n) is 1.14. The molecular weight excluding hydrogens is 150 g/mol. The van der Waals surface area contributed by atoms with Crippen molar-refractivity contribution in [2.45, 2.75) is 0 Å². The maximum atomic E-state index is 10.5. The van der Waals surface area contributed by atoms with E-state index in [2.05, 4.69) is 0 Å². The number of hydrogen-bond acceptors (Lipinski definition) is 4. The molecule has 0 saturated heterocycles. The van der Waals surface area contributed by atoms with Gasteiger partial charge in [0.1, 0.15) is 5.69 Å². The van der Waals surface area contributed by atoms with E-state index < -0.39 is 4.92 Å². The Morgan fingerprint density at radius 1 is 1.64 bits per heavy atom. The molecule has 1 aromatic rings. The molecule has 0 spiro atoms. The number of nitrogen functional groups attached to an aromatic ring is 1. The third-order valence-corrected chi connectivity index (χ3v) is 1.14. The van der Waals surface area contributed by atoms with Gasteiger partial charge in [0, 0.05) is 6.07 Å². The van der Waals surface area contributed by atoms with E-state index in [1.165, 1.54) is 6.07 Å². The van der Waals surface area contributed by atoms with Gasteiger partial charge in [-0.1, -0.05) is 0 Å². The lowest BCUT2D eigenvalue weighted by Gasteiger charge is -1.96. The van der Waals surface area contributed by atoms with Gasteiger partial charge in [-0.2, -0.15) is 4.73 Å². The summed E-state index contributed by atoms with van der Waals surface area (Å²) in [5.74, 6) is 0. The molecule has 6 heteroatoms. The summed E-state index contributed by atoms with van der Waals surface area (Å²) in [6.07, 6.45) is 1.91. The first-order chi connectivity index (χ1) is 5.11. The van der Waals surface area contributed by atoms with Crippen LogP contribution in [-0.2, 0) is 0 Å². The number of nitrogens with two attached hydrogens (primary N) is 1. The lowest BCUT2D eigenvalue weighted by atomic mass is 10.4. The van der Waals surface area contributed by atoms with Crippen LogP contribution in [0.3, 0.4) is 0 Å². The highest BCUT2D eigenvalue weighted by molar-refractivity contribution is 5.54. The number of hydrogen-bond donors (Lipinski definition) is 1. The maximum Gasteiger partial charge on any atom is 0.356 e. The van der Waals surface area contributed by atoms with E-state index in [9.17, 15) is 15.3 Å². The average molecular weight is 155 g/mol. The molecule has 6 nitrogen and oxygen atoms in total. The summed E-state index contributed by atoms with van der Waals surface area (Å²) in [6.45, 7) is 0. The highest BCUT2D eigenvalue weighted by Gasteiger charge is 2.14. The molecule has 0 saturated carbocycles. The van der Waals surface area contributed by atoms with Crippen molar-refractivity contribution in [2.75, 3.05) is 5.73 Å². The van der Waals surface area contributed by atoms with Crippen LogP contribution in [0.4, 0.5) is 11.4 Å². The predicted octanol–water partition coefficient (Wildman–Crippen LogP) is -0.190. The predicted molar refractivity (Wildman–Crippen MR) is 36.5 cm³/mol. The molecule has 1 aromatic heterocycles. The minimum atomic E-state index is -0.705. The van der Waals surface area contributed by atoms with E-state index in [1.807, 2.05) is 0 Å². The molecule has 1 heterocycles. The van der Waals surface area contributed by atoms with Gasteiger partial charge in [-0.15, -0.1) is 0 Å². The molecule has 0 atom stereocenters. The van der Waals surface area contributed by atoms with Crippen LogP contribution in [0.25, 0.3) is 0 Å². The monoisotopic (exact) mass is 155 g/mol. The van der Waals surface area contributed by atoms with Crippen molar-refractivity contribution in [1.29, 1.82) is 0 Å². The van der Waals surface area contributed by atoms with Gasteiger partial charge < -0.3 is 10.9 Å². The molecular formula is C5H5N3O3. The molecule has 0 bridgehead atoms. The summed E-state index contributed by atoms with van der Waals surface area (Å²) in [7, 11) is 0.